The Hall–Kier alpha value is -2.62. The van der Waals surface area contributed by atoms with Crippen LogP contribution in [0.4, 0.5) is 0 Å². The van der Waals surface area contributed by atoms with Crippen molar-refractivity contribution in [1.82, 2.24) is 8.75 Å². The summed E-state index contributed by atoms with van der Waals surface area (Å²) in [5.41, 5.74) is 4.00. The zero-order valence-electron chi connectivity index (χ0n) is 14.2. The molecule has 0 aliphatic rings. The summed E-state index contributed by atoms with van der Waals surface area (Å²) in [7, 11) is 2.72. The Morgan fingerprint density at radius 3 is 1.63 bits per heavy atom. The number of ether oxygens (including phenoxy) is 2. The van der Waals surface area contributed by atoms with E-state index in [0.717, 1.165) is 32.6 Å². The highest BCUT2D eigenvalue weighted by Gasteiger charge is 2.22. The normalized spacial score (nSPS) is 10.9. The number of hydrogen-bond acceptors (Lipinski definition) is 9. The van der Waals surface area contributed by atoms with Gasteiger partial charge in [0.25, 0.3) is 0 Å². The number of nitrogens with zero attached hydrogens (tertiary/aromatic N) is 2. The number of aromatic nitrogens is 2. The molecule has 1 aromatic carbocycles. The van der Waals surface area contributed by atoms with Crippen LogP contribution in [0.5, 0.6) is 0 Å². The van der Waals surface area contributed by atoms with Crippen molar-refractivity contribution in [2.75, 3.05) is 14.2 Å². The van der Waals surface area contributed by atoms with Crippen LogP contribution in [0.1, 0.15) is 20.7 Å². The van der Waals surface area contributed by atoms with Gasteiger partial charge in [0.1, 0.15) is 11.0 Å². The molecule has 3 aromatic heterocycles. The lowest BCUT2D eigenvalue weighted by Crippen LogP contribution is -2.01. The minimum absolute atomic E-state index is 0.391. The van der Waals surface area contributed by atoms with Gasteiger partial charge in [-0.3, -0.25) is 0 Å². The minimum Gasteiger partial charge on any atom is -0.465 e. The monoisotopic (exact) mass is 416 g/mol. The molecule has 4 rings (SSSR count). The van der Waals surface area contributed by atoms with Crippen LogP contribution in [-0.4, -0.2) is 34.9 Å². The second kappa shape index (κ2) is 7.18. The van der Waals surface area contributed by atoms with Gasteiger partial charge in [-0.1, -0.05) is 12.1 Å². The van der Waals surface area contributed by atoms with Gasteiger partial charge in [0, 0.05) is 11.1 Å². The van der Waals surface area contributed by atoms with E-state index in [1.54, 1.807) is 12.1 Å². The predicted molar refractivity (Wildman–Crippen MR) is 107 cm³/mol. The number of methoxy groups -OCH3 is 2. The standard InChI is InChI=1S/C18H12N2O4S3/c1-23-17(21)11-5-7-25-15(11)9-3-4-10(14-13(9)19-27-20-14)16-12(6-8-26-16)18(22)24-2/h3-8H,1-2H3. The topological polar surface area (TPSA) is 78.4 Å². The van der Waals surface area contributed by atoms with Gasteiger partial charge < -0.3 is 9.47 Å². The molecule has 0 saturated heterocycles. The molecule has 0 bridgehead atoms. The molecule has 136 valence electrons. The van der Waals surface area contributed by atoms with Gasteiger partial charge in [-0.2, -0.15) is 8.75 Å². The number of carbonyl (C=O) groups excluding carboxylic acids is 2. The van der Waals surface area contributed by atoms with Crippen molar-refractivity contribution in [3.05, 3.63) is 46.2 Å². The number of carbonyl (C=O) groups is 2. The van der Waals surface area contributed by atoms with Crippen LogP contribution in [0.15, 0.2) is 35.0 Å². The van der Waals surface area contributed by atoms with E-state index in [1.165, 1.54) is 36.9 Å². The zero-order chi connectivity index (χ0) is 19.0. The average molecular weight is 417 g/mol. The lowest BCUT2D eigenvalue weighted by Gasteiger charge is -2.07. The lowest BCUT2D eigenvalue weighted by molar-refractivity contribution is 0.0593. The van der Waals surface area contributed by atoms with Crippen LogP contribution < -0.4 is 0 Å². The fourth-order valence-corrected chi connectivity index (χ4v) is 5.20. The van der Waals surface area contributed by atoms with Gasteiger partial charge in [0.2, 0.25) is 0 Å². The Bertz CT molecular complexity index is 1070. The Balaban J connectivity index is 1.91. The molecule has 0 N–H and O–H groups in total. The van der Waals surface area contributed by atoms with Crippen LogP contribution >= 0.6 is 34.4 Å². The van der Waals surface area contributed by atoms with Gasteiger partial charge in [0.05, 0.1) is 46.8 Å². The quantitative estimate of drug-likeness (QED) is 0.448. The zero-order valence-corrected chi connectivity index (χ0v) is 16.7. The van der Waals surface area contributed by atoms with E-state index < -0.39 is 11.9 Å². The number of benzene rings is 1. The first-order valence-corrected chi connectivity index (χ1v) is 10.2. The molecule has 0 amide bonds. The van der Waals surface area contributed by atoms with Crippen LogP contribution in [0.25, 0.3) is 31.9 Å². The van der Waals surface area contributed by atoms with E-state index in [0.29, 0.717) is 22.2 Å². The molecule has 6 nitrogen and oxygen atoms in total. The first-order chi connectivity index (χ1) is 13.2. The molecule has 0 spiro atoms. The molecule has 0 saturated carbocycles. The Morgan fingerprint density at radius 1 is 0.778 bits per heavy atom. The van der Waals surface area contributed by atoms with Gasteiger partial charge in [-0.15, -0.1) is 22.7 Å². The molecule has 4 aromatic rings. The maximum Gasteiger partial charge on any atom is 0.339 e. The maximum absolute atomic E-state index is 12.1. The molecule has 27 heavy (non-hydrogen) atoms. The molecule has 0 unspecified atom stereocenters. The first-order valence-electron chi connectivity index (χ1n) is 7.73. The minimum atomic E-state index is -0.391. The molecule has 0 aliphatic heterocycles. The van der Waals surface area contributed by atoms with Crippen molar-refractivity contribution >= 4 is 57.4 Å². The molecule has 0 fully saturated rings. The number of hydrogen-bond donors (Lipinski definition) is 0. The summed E-state index contributed by atoms with van der Waals surface area (Å²) < 4.78 is 18.6. The van der Waals surface area contributed by atoms with Crippen LogP contribution in [0.2, 0.25) is 0 Å². The highest BCUT2D eigenvalue weighted by molar-refractivity contribution is 7.14. The molecule has 0 radical (unpaired) electrons. The summed E-state index contributed by atoms with van der Waals surface area (Å²) in [5, 5.41) is 3.69. The SMILES string of the molecule is COC(=O)c1ccsc1-c1ccc(-c2sccc2C(=O)OC)c2nsnc12. The van der Waals surface area contributed by atoms with Gasteiger partial charge >= 0.3 is 11.9 Å². The van der Waals surface area contributed by atoms with Gasteiger partial charge in [0.15, 0.2) is 0 Å². The van der Waals surface area contributed by atoms with E-state index in [1.807, 2.05) is 22.9 Å². The largest absolute Gasteiger partial charge is 0.465 e. The second-order valence-electron chi connectivity index (χ2n) is 5.43. The third-order valence-corrected chi connectivity index (χ3v) is 6.47. The van der Waals surface area contributed by atoms with E-state index in [2.05, 4.69) is 8.75 Å². The fourth-order valence-electron chi connectivity index (χ4n) is 2.81. The van der Waals surface area contributed by atoms with Crippen molar-refractivity contribution in [3.63, 3.8) is 0 Å². The molecule has 9 heteroatoms. The third kappa shape index (κ3) is 2.93. The molecular weight excluding hydrogens is 404 g/mol. The number of esters is 2. The van der Waals surface area contributed by atoms with Crippen LogP contribution in [0, 0.1) is 0 Å². The summed E-state index contributed by atoms with van der Waals surface area (Å²) in [4.78, 5) is 25.7. The molecule has 3 heterocycles. The van der Waals surface area contributed by atoms with E-state index in [9.17, 15) is 9.59 Å². The number of fused-ring (bicyclic) bond motifs is 1. The van der Waals surface area contributed by atoms with Crippen molar-refractivity contribution < 1.29 is 19.1 Å². The van der Waals surface area contributed by atoms with Crippen molar-refractivity contribution in [3.8, 4) is 20.9 Å². The van der Waals surface area contributed by atoms with Crippen LogP contribution in [-0.2, 0) is 9.47 Å². The van der Waals surface area contributed by atoms with Gasteiger partial charge in [-0.25, -0.2) is 9.59 Å². The van der Waals surface area contributed by atoms with E-state index in [-0.39, 0.29) is 0 Å². The third-order valence-electron chi connectivity index (χ3n) is 4.05. The van der Waals surface area contributed by atoms with E-state index in [4.69, 9.17) is 9.47 Å². The summed E-state index contributed by atoms with van der Waals surface area (Å²) >= 11 is 3.98. The number of thiophene rings is 2. The number of rotatable bonds is 4. The summed E-state index contributed by atoms with van der Waals surface area (Å²) in [6.07, 6.45) is 0. The van der Waals surface area contributed by atoms with Crippen molar-refractivity contribution in [2.24, 2.45) is 0 Å². The summed E-state index contributed by atoms with van der Waals surface area (Å²) in [5.74, 6) is -0.782. The molecule has 0 atom stereocenters. The van der Waals surface area contributed by atoms with E-state index >= 15 is 0 Å². The Kier molecular flexibility index (Phi) is 4.73. The Labute approximate surface area is 166 Å². The predicted octanol–water partition coefficient (Wildman–Crippen LogP) is 4.72. The maximum atomic E-state index is 12.1. The summed E-state index contributed by atoms with van der Waals surface area (Å²) in [6.45, 7) is 0. The molecular formula is C18H12N2O4S3. The van der Waals surface area contributed by atoms with Gasteiger partial charge in [-0.05, 0) is 22.9 Å². The van der Waals surface area contributed by atoms with Crippen molar-refractivity contribution in [2.45, 2.75) is 0 Å². The highest BCUT2D eigenvalue weighted by Crippen LogP contribution is 2.40. The Morgan fingerprint density at radius 2 is 1.22 bits per heavy atom. The lowest BCUT2D eigenvalue weighted by atomic mass is 10.0. The smallest absolute Gasteiger partial charge is 0.339 e. The van der Waals surface area contributed by atoms with Crippen molar-refractivity contribution in [1.29, 1.82) is 0 Å². The fraction of sp³-hybridized carbons (Fsp3) is 0.111. The highest BCUT2D eigenvalue weighted by atomic mass is 32.1. The second-order valence-corrected chi connectivity index (χ2v) is 7.79. The first kappa shape index (κ1) is 17.8. The van der Waals surface area contributed by atoms with Crippen LogP contribution in [0.3, 0.4) is 0 Å². The molecule has 0 aliphatic carbocycles. The average Bonchev–Trinajstić information content (AvgIpc) is 3.45. The summed E-state index contributed by atoms with van der Waals surface area (Å²) in [6, 6.07) is 7.27.